The van der Waals surface area contributed by atoms with Gasteiger partial charge < -0.3 is 0 Å². The van der Waals surface area contributed by atoms with Crippen molar-refractivity contribution in [2.24, 2.45) is 7.05 Å². The highest BCUT2D eigenvalue weighted by Crippen LogP contribution is 2.50. The van der Waals surface area contributed by atoms with E-state index in [1.807, 2.05) is 0 Å². The Balaban J connectivity index is 1.57. The minimum Gasteiger partial charge on any atom is -0.200 e. The number of rotatable bonds is 2. The Morgan fingerprint density at radius 2 is 1.39 bits per heavy atom. The molecule has 1 heteroatoms. The average molecular weight is 427 g/mol. The quantitative estimate of drug-likeness (QED) is 0.256. The number of hydrogen-bond acceptors (Lipinski definition) is 0. The lowest BCUT2D eigenvalue weighted by molar-refractivity contribution is -0.659. The zero-order valence-electron chi connectivity index (χ0n) is 19.7. The summed E-state index contributed by atoms with van der Waals surface area (Å²) >= 11 is 0. The van der Waals surface area contributed by atoms with E-state index < -0.39 is 0 Å². The maximum absolute atomic E-state index is 2.45. The molecule has 1 nitrogen and oxygen atoms in total. The number of nitrogens with zero attached hydrogens (tertiary/aromatic N) is 1. The SMILES string of the molecule is Cc1cc2c(cc1-c1c3ccc(-c4ccccc4)cc3cc[n+]1C)C(C)(C)c1ccccc1-2. The fourth-order valence-corrected chi connectivity index (χ4v) is 5.63. The lowest BCUT2D eigenvalue weighted by Gasteiger charge is -2.22. The molecule has 1 aromatic heterocycles. The zero-order valence-corrected chi connectivity index (χ0v) is 19.7. The predicted molar refractivity (Wildman–Crippen MR) is 138 cm³/mol. The van der Waals surface area contributed by atoms with Crippen LogP contribution >= 0.6 is 0 Å². The minimum atomic E-state index is -0.00197. The highest BCUT2D eigenvalue weighted by Gasteiger charge is 2.36. The molecule has 33 heavy (non-hydrogen) atoms. The topological polar surface area (TPSA) is 3.88 Å². The van der Waals surface area contributed by atoms with Crippen LogP contribution < -0.4 is 4.57 Å². The second-order valence-corrected chi connectivity index (χ2v) is 9.83. The molecule has 0 saturated heterocycles. The van der Waals surface area contributed by atoms with Crippen molar-refractivity contribution in [2.45, 2.75) is 26.2 Å². The maximum atomic E-state index is 2.45. The molecule has 0 unspecified atom stereocenters. The number of aromatic nitrogens is 1. The van der Waals surface area contributed by atoms with E-state index in [1.165, 1.54) is 61.0 Å². The van der Waals surface area contributed by atoms with Gasteiger partial charge in [-0.3, -0.25) is 0 Å². The van der Waals surface area contributed by atoms with Gasteiger partial charge in [-0.05, 0) is 69.5 Å². The molecule has 6 rings (SSSR count). The van der Waals surface area contributed by atoms with Gasteiger partial charge in [-0.15, -0.1) is 0 Å². The second kappa shape index (κ2) is 7.15. The van der Waals surface area contributed by atoms with Crippen molar-refractivity contribution in [1.82, 2.24) is 0 Å². The van der Waals surface area contributed by atoms with E-state index in [0.29, 0.717) is 0 Å². The van der Waals surface area contributed by atoms with Crippen molar-refractivity contribution in [1.29, 1.82) is 0 Å². The second-order valence-electron chi connectivity index (χ2n) is 9.83. The Kier molecular flexibility index (Phi) is 4.32. The van der Waals surface area contributed by atoms with Crippen molar-refractivity contribution in [2.75, 3.05) is 0 Å². The average Bonchev–Trinajstić information content (AvgIpc) is 3.05. The smallest absolute Gasteiger partial charge is 0.200 e. The number of benzene rings is 4. The van der Waals surface area contributed by atoms with Gasteiger partial charge in [-0.2, -0.15) is 0 Å². The monoisotopic (exact) mass is 426 g/mol. The van der Waals surface area contributed by atoms with Crippen molar-refractivity contribution in [3.8, 4) is 33.5 Å². The van der Waals surface area contributed by atoms with Crippen LogP contribution in [0, 0.1) is 6.92 Å². The summed E-state index contributed by atoms with van der Waals surface area (Å²) in [5.74, 6) is 0. The number of pyridine rings is 1. The van der Waals surface area contributed by atoms with E-state index in [9.17, 15) is 0 Å². The van der Waals surface area contributed by atoms with Gasteiger partial charge in [0.2, 0.25) is 5.69 Å². The van der Waals surface area contributed by atoms with Crippen molar-refractivity contribution >= 4 is 10.8 Å². The summed E-state index contributed by atoms with van der Waals surface area (Å²) in [6.07, 6.45) is 2.19. The Bertz CT molecular complexity index is 1540. The Labute approximate surface area is 196 Å². The van der Waals surface area contributed by atoms with Gasteiger partial charge in [-0.25, -0.2) is 4.57 Å². The fourth-order valence-electron chi connectivity index (χ4n) is 5.63. The fraction of sp³-hybridized carbons (Fsp3) is 0.156. The molecule has 0 N–H and O–H groups in total. The largest absolute Gasteiger partial charge is 0.220 e. The van der Waals surface area contributed by atoms with Gasteiger partial charge in [0, 0.05) is 11.5 Å². The van der Waals surface area contributed by atoms with E-state index in [1.54, 1.807) is 0 Å². The normalized spacial score (nSPS) is 13.7. The van der Waals surface area contributed by atoms with Gasteiger partial charge in [0.25, 0.3) is 0 Å². The summed E-state index contributed by atoms with van der Waals surface area (Å²) in [7, 11) is 2.16. The molecule has 0 saturated carbocycles. The van der Waals surface area contributed by atoms with Gasteiger partial charge in [0.1, 0.15) is 7.05 Å². The van der Waals surface area contributed by atoms with Crippen LogP contribution in [0.2, 0.25) is 0 Å². The summed E-state index contributed by atoms with van der Waals surface area (Å²) in [6.45, 7) is 6.96. The van der Waals surface area contributed by atoms with Gasteiger partial charge in [0.05, 0.1) is 10.9 Å². The molecule has 0 amide bonds. The molecule has 0 atom stereocenters. The van der Waals surface area contributed by atoms with Gasteiger partial charge >= 0.3 is 0 Å². The molecule has 0 radical (unpaired) electrons. The van der Waals surface area contributed by atoms with Crippen LogP contribution in [0.15, 0.2) is 97.2 Å². The Hall–Kier alpha value is -3.71. The Morgan fingerprint density at radius 1 is 0.636 bits per heavy atom. The van der Waals surface area contributed by atoms with Crippen LogP contribution in [-0.2, 0) is 12.5 Å². The molecule has 0 bridgehead atoms. The first-order valence-corrected chi connectivity index (χ1v) is 11.7. The molecular weight excluding hydrogens is 398 g/mol. The van der Waals surface area contributed by atoms with E-state index in [-0.39, 0.29) is 5.41 Å². The van der Waals surface area contributed by atoms with Crippen LogP contribution in [0.5, 0.6) is 0 Å². The summed E-state index contributed by atoms with van der Waals surface area (Å²) in [4.78, 5) is 0. The van der Waals surface area contributed by atoms with Crippen LogP contribution in [0.25, 0.3) is 44.3 Å². The maximum Gasteiger partial charge on any atom is 0.220 e. The standard InChI is InChI=1S/C32H28N/c1-21-18-28-26-12-8-9-13-29(26)32(2,3)30(28)20-27(21)31-25-15-14-23(22-10-6-5-7-11-22)19-24(25)16-17-33(31)4/h5-20H,1-4H3/q+1. The van der Waals surface area contributed by atoms with Crippen molar-refractivity contribution < 1.29 is 4.57 Å². The third-order valence-corrected chi connectivity index (χ3v) is 7.43. The van der Waals surface area contributed by atoms with E-state index in [2.05, 4.69) is 130 Å². The molecule has 1 heterocycles. The lowest BCUT2D eigenvalue weighted by Crippen LogP contribution is -2.31. The first-order chi connectivity index (χ1) is 15.9. The highest BCUT2D eigenvalue weighted by atomic mass is 14.9. The van der Waals surface area contributed by atoms with Crippen molar-refractivity contribution in [3.63, 3.8) is 0 Å². The van der Waals surface area contributed by atoms with E-state index >= 15 is 0 Å². The molecule has 0 spiro atoms. The highest BCUT2D eigenvalue weighted by molar-refractivity contribution is 5.97. The summed E-state index contributed by atoms with van der Waals surface area (Å²) in [5, 5.41) is 2.56. The van der Waals surface area contributed by atoms with Gasteiger partial charge in [0.15, 0.2) is 6.20 Å². The zero-order chi connectivity index (χ0) is 22.7. The molecule has 160 valence electrons. The molecule has 0 fully saturated rings. The predicted octanol–water partition coefficient (Wildman–Crippen LogP) is 7.61. The van der Waals surface area contributed by atoms with E-state index in [0.717, 1.165) is 0 Å². The molecule has 1 aliphatic rings. The van der Waals surface area contributed by atoms with Crippen LogP contribution in [-0.4, -0.2) is 0 Å². The molecule has 0 aliphatic heterocycles. The third-order valence-electron chi connectivity index (χ3n) is 7.43. The van der Waals surface area contributed by atoms with Crippen LogP contribution in [0.4, 0.5) is 0 Å². The summed E-state index contributed by atoms with van der Waals surface area (Å²) in [5.41, 5.74) is 12.0. The Morgan fingerprint density at radius 3 is 2.21 bits per heavy atom. The third kappa shape index (κ3) is 2.96. The first kappa shape index (κ1) is 19.9. The van der Waals surface area contributed by atoms with E-state index in [4.69, 9.17) is 0 Å². The minimum absolute atomic E-state index is 0.00197. The van der Waals surface area contributed by atoms with Crippen LogP contribution in [0.3, 0.4) is 0 Å². The lowest BCUT2D eigenvalue weighted by atomic mass is 9.81. The number of fused-ring (bicyclic) bond motifs is 4. The summed E-state index contributed by atoms with van der Waals surface area (Å²) in [6, 6.07) is 33.4. The van der Waals surface area contributed by atoms with Crippen LogP contribution in [0.1, 0.15) is 30.5 Å². The molecule has 5 aromatic rings. The van der Waals surface area contributed by atoms with Crippen molar-refractivity contribution in [3.05, 3.63) is 114 Å². The molecular formula is C32H28N+. The molecule has 4 aromatic carbocycles. The number of aryl methyl sites for hydroxylation is 2. The summed E-state index contributed by atoms with van der Waals surface area (Å²) < 4.78 is 2.27. The van der Waals surface area contributed by atoms with Gasteiger partial charge in [-0.1, -0.05) is 80.6 Å². The molecule has 1 aliphatic carbocycles. The first-order valence-electron chi connectivity index (χ1n) is 11.7. The number of hydrogen-bond donors (Lipinski definition) is 0.